The molecule has 0 radical (unpaired) electrons. The van der Waals surface area contributed by atoms with Gasteiger partial charge in [0.25, 0.3) is 5.56 Å². The van der Waals surface area contributed by atoms with E-state index >= 15 is 0 Å². The van der Waals surface area contributed by atoms with Gasteiger partial charge in [-0.1, -0.05) is 6.42 Å². The molecule has 112 valence electrons. The van der Waals surface area contributed by atoms with Crippen LogP contribution in [0.25, 0.3) is 0 Å². The fraction of sp³-hybridized carbons (Fsp3) is 0.692. The number of hydrogen-bond acceptors (Lipinski definition) is 5. The van der Waals surface area contributed by atoms with Gasteiger partial charge in [0.05, 0.1) is 25.0 Å². The Labute approximate surface area is 131 Å². The summed E-state index contributed by atoms with van der Waals surface area (Å²) in [5.41, 5.74) is 0.667. The number of hydrogen-bond donors (Lipinski definition) is 1. The lowest BCUT2D eigenvalue weighted by atomic mass is 10.2. The maximum atomic E-state index is 12.2. The molecule has 1 aromatic rings. The van der Waals surface area contributed by atoms with E-state index in [4.69, 9.17) is 4.74 Å². The van der Waals surface area contributed by atoms with E-state index < -0.39 is 0 Å². The van der Waals surface area contributed by atoms with E-state index in [2.05, 4.69) is 32.6 Å². The quantitative estimate of drug-likeness (QED) is 0.842. The molecule has 0 saturated heterocycles. The molecular formula is C13H20BrN3O2S. The molecular weight excluding hydrogens is 342 g/mol. The van der Waals surface area contributed by atoms with Crippen molar-refractivity contribution in [1.29, 1.82) is 0 Å². The SMILES string of the molecule is COCCn1ncc(NC2CCCC2SC)c(Br)c1=O. The molecule has 0 aromatic carbocycles. The number of anilines is 1. The maximum Gasteiger partial charge on any atom is 0.283 e. The Morgan fingerprint density at radius 2 is 2.40 bits per heavy atom. The van der Waals surface area contributed by atoms with Gasteiger partial charge in [0.1, 0.15) is 4.47 Å². The van der Waals surface area contributed by atoms with Crippen LogP contribution in [0.4, 0.5) is 5.69 Å². The van der Waals surface area contributed by atoms with Crippen molar-refractivity contribution in [2.75, 3.05) is 25.3 Å². The molecule has 1 saturated carbocycles. The van der Waals surface area contributed by atoms with Crippen LogP contribution in [0, 0.1) is 0 Å². The van der Waals surface area contributed by atoms with Gasteiger partial charge in [-0.3, -0.25) is 4.79 Å². The number of ether oxygens (including phenoxy) is 1. The van der Waals surface area contributed by atoms with Crippen molar-refractivity contribution in [3.05, 3.63) is 21.0 Å². The molecule has 0 aliphatic heterocycles. The zero-order chi connectivity index (χ0) is 14.5. The summed E-state index contributed by atoms with van der Waals surface area (Å²) in [7, 11) is 1.61. The molecule has 1 fully saturated rings. The second-order valence-electron chi connectivity index (χ2n) is 4.85. The average Bonchev–Trinajstić information content (AvgIpc) is 2.90. The van der Waals surface area contributed by atoms with Crippen molar-refractivity contribution >= 4 is 33.4 Å². The van der Waals surface area contributed by atoms with Gasteiger partial charge in [-0.05, 0) is 35.0 Å². The first-order valence-corrected chi connectivity index (χ1v) is 8.79. The first kappa shape index (κ1) is 15.9. The maximum absolute atomic E-state index is 12.2. The van der Waals surface area contributed by atoms with Crippen LogP contribution in [0.2, 0.25) is 0 Å². The van der Waals surface area contributed by atoms with Gasteiger partial charge in [-0.15, -0.1) is 0 Å². The second kappa shape index (κ2) is 7.47. The van der Waals surface area contributed by atoms with Crippen LogP contribution in [0.3, 0.4) is 0 Å². The van der Waals surface area contributed by atoms with E-state index in [0.717, 1.165) is 12.1 Å². The Kier molecular flexibility index (Phi) is 5.92. The summed E-state index contributed by atoms with van der Waals surface area (Å²) in [6, 6.07) is 0.414. The molecule has 2 atom stereocenters. The highest BCUT2D eigenvalue weighted by molar-refractivity contribution is 9.10. The average molecular weight is 362 g/mol. The van der Waals surface area contributed by atoms with Crippen LogP contribution in [0.1, 0.15) is 19.3 Å². The summed E-state index contributed by atoms with van der Waals surface area (Å²) < 4.78 is 6.94. The topological polar surface area (TPSA) is 56.1 Å². The Morgan fingerprint density at radius 3 is 3.10 bits per heavy atom. The lowest BCUT2D eigenvalue weighted by Gasteiger charge is -2.21. The molecule has 1 aliphatic carbocycles. The first-order chi connectivity index (χ1) is 9.67. The molecule has 5 nitrogen and oxygen atoms in total. The van der Waals surface area contributed by atoms with E-state index in [0.29, 0.717) is 28.9 Å². The van der Waals surface area contributed by atoms with Crippen LogP contribution >= 0.6 is 27.7 Å². The molecule has 1 aromatic heterocycles. The summed E-state index contributed by atoms with van der Waals surface area (Å²) in [6.45, 7) is 0.939. The van der Waals surface area contributed by atoms with Crippen molar-refractivity contribution < 1.29 is 4.74 Å². The van der Waals surface area contributed by atoms with Crippen molar-refractivity contribution in [3.8, 4) is 0 Å². The third-order valence-electron chi connectivity index (χ3n) is 3.59. The van der Waals surface area contributed by atoms with E-state index in [1.54, 1.807) is 13.3 Å². The summed E-state index contributed by atoms with van der Waals surface area (Å²) in [5, 5.41) is 8.26. The molecule has 1 heterocycles. The van der Waals surface area contributed by atoms with Gasteiger partial charge in [0, 0.05) is 18.4 Å². The van der Waals surface area contributed by atoms with Crippen molar-refractivity contribution in [1.82, 2.24) is 9.78 Å². The normalized spacial score (nSPS) is 22.1. The number of nitrogens with one attached hydrogen (secondary N) is 1. The smallest absolute Gasteiger partial charge is 0.283 e. The highest BCUT2D eigenvalue weighted by Gasteiger charge is 2.27. The van der Waals surface area contributed by atoms with Crippen LogP contribution in [0.5, 0.6) is 0 Å². The minimum absolute atomic E-state index is 0.120. The zero-order valence-corrected chi connectivity index (χ0v) is 14.2. The van der Waals surface area contributed by atoms with Crippen molar-refractivity contribution in [2.24, 2.45) is 0 Å². The lowest BCUT2D eigenvalue weighted by Crippen LogP contribution is -2.30. The van der Waals surface area contributed by atoms with Crippen LogP contribution < -0.4 is 10.9 Å². The van der Waals surface area contributed by atoms with Gasteiger partial charge >= 0.3 is 0 Å². The molecule has 20 heavy (non-hydrogen) atoms. The molecule has 1 aliphatic rings. The number of halogens is 1. The van der Waals surface area contributed by atoms with E-state index in [-0.39, 0.29) is 5.56 Å². The predicted octanol–water partition coefficient (Wildman–Crippen LogP) is 2.35. The fourth-order valence-corrected chi connectivity index (χ4v) is 3.83. The molecule has 0 bridgehead atoms. The molecule has 1 N–H and O–H groups in total. The van der Waals surface area contributed by atoms with E-state index in [9.17, 15) is 4.79 Å². The largest absolute Gasteiger partial charge is 0.383 e. The number of rotatable bonds is 6. The van der Waals surface area contributed by atoms with Crippen LogP contribution in [-0.2, 0) is 11.3 Å². The molecule has 7 heteroatoms. The summed E-state index contributed by atoms with van der Waals surface area (Å²) in [4.78, 5) is 12.2. The lowest BCUT2D eigenvalue weighted by molar-refractivity contribution is 0.181. The number of methoxy groups -OCH3 is 1. The van der Waals surface area contributed by atoms with Gasteiger partial charge in [-0.25, -0.2) is 4.68 Å². The zero-order valence-electron chi connectivity index (χ0n) is 11.8. The molecule has 2 rings (SSSR count). The third-order valence-corrected chi connectivity index (χ3v) is 5.52. The van der Waals surface area contributed by atoms with Crippen LogP contribution in [-0.4, -0.2) is 41.0 Å². The summed E-state index contributed by atoms with van der Waals surface area (Å²) >= 11 is 5.27. The minimum atomic E-state index is -0.120. The Hall–Kier alpha value is -0.530. The van der Waals surface area contributed by atoms with Crippen molar-refractivity contribution in [3.63, 3.8) is 0 Å². The highest BCUT2D eigenvalue weighted by atomic mass is 79.9. The van der Waals surface area contributed by atoms with E-state index in [1.807, 2.05) is 11.8 Å². The van der Waals surface area contributed by atoms with Gasteiger partial charge < -0.3 is 10.1 Å². The van der Waals surface area contributed by atoms with Crippen molar-refractivity contribution in [2.45, 2.75) is 37.1 Å². The Balaban J connectivity index is 2.13. The Morgan fingerprint density at radius 1 is 1.60 bits per heavy atom. The van der Waals surface area contributed by atoms with E-state index in [1.165, 1.54) is 17.5 Å². The number of aromatic nitrogens is 2. The number of nitrogens with zero attached hydrogens (tertiary/aromatic N) is 2. The molecule has 2 unspecified atom stereocenters. The van der Waals surface area contributed by atoms with Gasteiger partial charge in [-0.2, -0.15) is 16.9 Å². The number of thioether (sulfide) groups is 1. The van der Waals surface area contributed by atoms with Crippen LogP contribution in [0.15, 0.2) is 15.5 Å². The molecule has 0 amide bonds. The monoisotopic (exact) mass is 361 g/mol. The first-order valence-electron chi connectivity index (χ1n) is 6.71. The standard InChI is InChI=1S/C13H20BrN3O2S/c1-19-7-6-17-13(18)12(14)10(8-15-17)16-9-4-3-5-11(9)20-2/h8-9,11,16H,3-7H2,1-2H3. The van der Waals surface area contributed by atoms with Gasteiger partial charge in [0.2, 0.25) is 0 Å². The Bertz CT molecular complexity index is 509. The fourth-order valence-electron chi connectivity index (χ4n) is 2.48. The predicted molar refractivity (Wildman–Crippen MR) is 86.6 cm³/mol. The molecule has 0 spiro atoms. The third kappa shape index (κ3) is 3.56. The van der Waals surface area contributed by atoms with Gasteiger partial charge in [0.15, 0.2) is 0 Å². The summed E-state index contributed by atoms with van der Waals surface area (Å²) in [6.07, 6.45) is 7.47. The highest BCUT2D eigenvalue weighted by Crippen LogP contribution is 2.31. The minimum Gasteiger partial charge on any atom is -0.383 e. The second-order valence-corrected chi connectivity index (χ2v) is 6.72. The summed E-state index contributed by atoms with van der Waals surface area (Å²) in [5.74, 6) is 0.